The third-order valence-electron chi connectivity index (χ3n) is 4.89. The Hall–Kier alpha value is -3.10. The van der Waals surface area contributed by atoms with Gasteiger partial charge in [-0.25, -0.2) is 9.59 Å². The molecule has 1 saturated heterocycles. The number of rotatable bonds is 9. The smallest absolute Gasteiger partial charge is 0.410 e. The molecule has 1 fully saturated rings. The Balaban J connectivity index is 1.94. The maximum absolute atomic E-state index is 12.7. The zero-order chi connectivity index (χ0) is 22.1. The largest absolute Gasteiger partial charge is 0.480 e. The quantitative estimate of drug-likeness (QED) is 0.586. The number of aliphatic carboxylic acids is 1. The van der Waals surface area contributed by atoms with Crippen LogP contribution >= 0.6 is 0 Å². The van der Waals surface area contributed by atoms with Gasteiger partial charge in [-0.15, -0.1) is 0 Å². The maximum atomic E-state index is 12.7. The molecular formula is C21H28N2O7. The summed E-state index contributed by atoms with van der Waals surface area (Å²) in [5.41, 5.74) is 0.824. The van der Waals surface area contributed by atoms with Gasteiger partial charge >= 0.3 is 18.0 Å². The first kappa shape index (κ1) is 23.2. The van der Waals surface area contributed by atoms with Crippen molar-refractivity contribution in [3.63, 3.8) is 0 Å². The summed E-state index contributed by atoms with van der Waals surface area (Å²) in [5, 5.41) is 11.9. The molecule has 1 aromatic rings. The first-order valence-corrected chi connectivity index (χ1v) is 10.0. The molecule has 0 unspecified atom stereocenters. The lowest BCUT2D eigenvalue weighted by Gasteiger charge is -2.25. The molecule has 2 rings (SSSR count). The third kappa shape index (κ3) is 6.47. The monoisotopic (exact) mass is 420 g/mol. The number of carbonyl (C=O) groups excluding carboxylic acids is 3. The molecule has 3 atom stereocenters. The number of hydrogen-bond donors (Lipinski definition) is 2. The van der Waals surface area contributed by atoms with Crippen molar-refractivity contribution in [1.82, 2.24) is 10.2 Å². The number of carbonyl (C=O) groups is 4. The zero-order valence-electron chi connectivity index (χ0n) is 17.2. The van der Waals surface area contributed by atoms with Crippen molar-refractivity contribution in [2.24, 2.45) is 5.92 Å². The molecular weight excluding hydrogens is 392 g/mol. The van der Waals surface area contributed by atoms with Gasteiger partial charge in [-0.2, -0.15) is 0 Å². The molecule has 1 aliphatic rings. The number of amides is 2. The molecule has 0 aliphatic carbocycles. The normalized spacial score (nSPS) is 17.7. The van der Waals surface area contributed by atoms with Crippen molar-refractivity contribution in [2.75, 3.05) is 13.2 Å². The van der Waals surface area contributed by atoms with Crippen LogP contribution < -0.4 is 5.32 Å². The highest BCUT2D eigenvalue weighted by atomic mass is 16.6. The van der Waals surface area contributed by atoms with Crippen molar-refractivity contribution in [1.29, 1.82) is 0 Å². The molecule has 0 saturated carbocycles. The summed E-state index contributed by atoms with van der Waals surface area (Å²) in [5.74, 6) is -3.05. The van der Waals surface area contributed by atoms with Gasteiger partial charge in [0.1, 0.15) is 18.7 Å². The van der Waals surface area contributed by atoms with E-state index in [9.17, 15) is 24.3 Å². The van der Waals surface area contributed by atoms with E-state index in [1.807, 2.05) is 30.3 Å². The Morgan fingerprint density at radius 1 is 1.20 bits per heavy atom. The Morgan fingerprint density at radius 2 is 1.90 bits per heavy atom. The number of esters is 1. The summed E-state index contributed by atoms with van der Waals surface area (Å²) in [6.07, 6.45) is 0.287. The first-order chi connectivity index (χ1) is 14.3. The van der Waals surface area contributed by atoms with Crippen LogP contribution in [0.15, 0.2) is 30.3 Å². The van der Waals surface area contributed by atoms with Gasteiger partial charge in [-0.1, -0.05) is 37.3 Å². The average Bonchev–Trinajstić information content (AvgIpc) is 3.22. The summed E-state index contributed by atoms with van der Waals surface area (Å²) in [7, 11) is 0. The molecule has 164 valence electrons. The summed E-state index contributed by atoms with van der Waals surface area (Å²) >= 11 is 0. The second kappa shape index (κ2) is 11.2. The van der Waals surface area contributed by atoms with Crippen LogP contribution in [0.3, 0.4) is 0 Å². The minimum atomic E-state index is -1.26. The molecule has 0 radical (unpaired) electrons. The lowest BCUT2D eigenvalue weighted by molar-refractivity contribution is -0.149. The van der Waals surface area contributed by atoms with Crippen LogP contribution in [0.4, 0.5) is 4.79 Å². The molecule has 2 N–H and O–H groups in total. The fraction of sp³-hybridized carbons (Fsp3) is 0.524. The van der Waals surface area contributed by atoms with E-state index in [2.05, 4.69) is 5.32 Å². The van der Waals surface area contributed by atoms with Crippen LogP contribution in [-0.4, -0.2) is 59.2 Å². The number of benzene rings is 1. The fourth-order valence-electron chi connectivity index (χ4n) is 3.28. The van der Waals surface area contributed by atoms with Gasteiger partial charge in [0.05, 0.1) is 12.5 Å². The highest BCUT2D eigenvalue weighted by molar-refractivity contribution is 5.90. The lowest BCUT2D eigenvalue weighted by Crippen LogP contribution is -2.51. The molecule has 9 nitrogen and oxygen atoms in total. The number of likely N-dealkylation sites (tertiary alicyclic amines) is 1. The van der Waals surface area contributed by atoms with Crippen LogP contribution in [0.25, 0.3) is 0 Å². The van der Waals surface area contributed by atoms with Gasteiger partial charge in [0.25, 0.3) is 0 Å². The molecule has 2 amide bonds. The Kier molecular flexibility index (Phi) is 8.64. The van der Waals surface area contributed by atoms with Gasteiger partial charge in [0.2, 0.25) is 5.91 Å². The Bertz CT molecular complexity index is 753. The molecule has 0 spiro atoms. The zero-order valence-corrected chi connectivity index (χ0v) is 17.2. The average molecular weight is 420 g/mol. The summed E-state index contributed by atoms with van der Waals surface area (Å²) in [4.78, 5) is 49.8. The number of hydrogen-bond acceptors (Lipinski definition) is 6. The maximum Gasteiger partial charge on any atom is 0.410 e. The number of ether oxygens (including phenoxy) is 2. The van der Waals surface area contributed by atoms with Crippen molar-refractivity contribution in [2.45, 2.75) is 51.8 Å². The number of nitrogens with zero attached hydrogens (tertiary/aromatic N) is 1. The Morgan fingerprint density at radius 3 is 2.53 bits per heavy atom. The molecule has 9 heteroatoms. The van der Waals surface area contributed by atoms with E-state index in [1.54, 1.807) is 13.8 Å². The predicted molar refractivity (Wildman–Crippen MR) is 106 cm³/mol. The predicted octanol–water partition coefficient (Wildman–Crippen LogP) is 1.95. The molecule has 0 aromatic heterocycles. The van der Waals surface area contributed by atoms with Crippen molar-refractivity contribution in [3.8, 4) is 0 Å². The van der Waals surface area contributed by atoms with Gasteiger partial charge in [-0.05, 0) is 31.7 Å². The molecule has 1 aromatic carbocycles. The highest BCUT2D eigenvalue weighted by Crippen LogP contribution is 2.20. The van der Waals surface area contributed by atoms with E-state index in [-0.39, 0.29) is 19.6 Å². The number of nitrogens with one attached hydrogen (secondary N) is 1. The van der Waals surface area contributed by atoms with E-state index in [4.69, 9.17) is 9.47 Å². The van der Waals surface area contributed by atoms with E-state index in [0.29, 0.717) is 19.4 Å². The summed E-state index contributed by atoms with van der Waals surface area (Å²) in [6.45, 7) is 3.83. The van der Waals surface area contributed by atoms with Gasteiger partial charge < -0.3 is 19.9 Å². The first-order valence-electron chi connectivity index (χ1n) is 10.0. The SMILES string of the molecule is CCOC(=O)[C@@H](C)C[C@@H](NC(=O)[C@H]1CCCN1C(=O)OCc1ccccc1)C(=O)O. The van der Waals surface area contributed by atoms with Gasteiger partial charge in [-0.3, -0.25) is 14.5 Å². The van der Waals surface area contributed by atoms with Crippen LogP contribution in [0.5, 0.6) is 0 Å². The van der Waals surface area contributed by atoms with Gasteiger partial charge in [0.15, 0.2) is 0 Å². The summed E-state index contributed by atoms with van der Waals surface area (Å²) in [6, 6.07) is 7.09. The van der Waals surface area contributed by atoms with Crippen LogP contribution in [0.1, 0.15) is 38.7 Å². The second-order valence-corrected chi connectivity index (χ2v) is 7.18. The van der Waals surface area contributed by atoms with Crippen LogP contribution in [0, 0.1) is 5.92 Å². The fourth-order valence-corrected chi connectivity index (χ4v) is 3.28. The molecule has 1 aliphatic heterocycles. The standard InChI is InChI=1S/C21H28N2O7/c1-3-29-20(27)14(2)12-16(19(25)26)22-18(24)17-10-7-11-23(17)21(28)30-13-15-8-5-4-6-9-15/h4-6,8-9,14,16-17H,3,7,10-13H2,1-2H3,(H,22,24)(H,25,26)/t14-,16+,17+/m0/s1. The van der Waals surface area contributed by atoms with Crippen molar-refractivity contribution < 1.29 is 33.8 Å². The van der Waals surface area contributed by atoms with E-state index < -0.39 is 41.9 Å². The second-order valence-electron chi connectivity index (χ2n) is 7.18. The van der Waals surface area contributed by atoms with E-state index in [1.165, 1.54) is 4.90 Å². The van der Waals surface area contributed by atoms with Crippen LogP contribution in [0.2, 0.25) is 0 Å². The van der Waals surface area contributed by atoms with Crippen molar-refractivity contribution in [3.05, 3.63) is 35.9 Å². The summed E-state index contributed by atoms with van der Waals surface area (Å²) < 4.78 is 10.2. The van der Waals surface area contributed by atoms with Gasteiger partial charge in [0, 0.05) is 6.54 Å². The third-order valence-corrected chi connectivity index (χ3v) is 4.89. The molecule has 30 heavy (non-hydrogen) atoms. The number of carboxylic acids is 1. The lowest BCUT2D eigenvalue weighted by atomic mass is 10.0. The van der Waals surface area contributed by atoms with E-state index >= 15 is 0 Å². The Labute approximate surface area is 175 Å². The van der Waals surface area contributed by atoms with E-state index in [0.717, 1.165) is 5.56 Å². The highest BCUT2D eigenvalue weighted by Gasteiger charge is 2.37. The van der Waals surface area contributed by atoms with Crippen LogP contribution in [-0.2, 0) is 30.5 Å². The minimum Gasteiger partial charge on any atom is -0.480 e. The topological polar surface area (TPSA) is 122 Å². The number of carboxylic acid groups (broad SMARTS) is 1. The molecule has 0 bridgehead atoms. The van der Waals surface area contributed by atoms with Crippen molar-refractivity contribution >= 4 is 23.9 Å². The molecule has 1 heterocycles. The minimum absolute atomic E-state index is 0.0827.